The first-order chi connectivity index (χ1) is 10.1. The van der Waals surface area contributed by atoms with Gasteiger partial charge in [-0.05, 0) is 6.42 Å². The molecule has 5 heteroatoms. The molecule has 122 valence electrons. The Balaban J connectivity index is 2.00. The third kappa shape index (κ3) is 5.75. The fraction of sp³-hybridized carbons (Fsp3) is 0.875. The summed E-state index contributed by atoms with van der Waals surface area (Å²) in [5.41, 5.74) is 0. The van der Waals surface area contributed by atoms with Crippen LogP contribution in [-0.4, -0.2) is 45.7 Å². The Hall–Kier alpha value is -0.940. The van der Waals surface area contributed by atoms with Gasteiger partial charge < -0.3 is 10.2 Å². The van der Waals surface area contributed by atoms with E-state index in [2.05, 4.69) is 6.92 Å². The molecule has 0 saturated carbocycles. The van der Waals surface area contributed by atoms with E-state index in [1.54, 1.807) is 0 Å². The van der Waals surface area contributed by atoms with Gasteiger partial charge in [-0.25, -0.2) is 0 Å². The zero-order chi connectivity index (χ0) is 15.7. The number of likely N-dealkylation sites (tertiary alicyclic amines) is 1. The van der Waals surface area contributed by atoms with Crippen LogP contribution in [0.25, 0.3) is 0 Å². The highest BCUT2D eigenvalue weighted by Crippen LogP contribution is 2.16. The van der Waals surface area contributed by atoms with Crippen molar-refractivity contribution in [2.45, 2.75) is 83.3 Å². The predicted octanol–water partition coefficient (Wildman–Crippen LogP) is 2.00. The van der Waals surface area contributed by atoms with Crippen LogP contribution < -0.4 is 0 Å². The standard InChI is InChI=1S/C16H29NO4/c1-2-3-4-5-6-7-8-9-10-11-12-17-15(20)13(18)14(19)16(17)21/h13-14,18-19H,2-12H2,1H3/t13-,14-/m1/s1. The Morgan fingerprint density at radius 3 is 1.57 bits per heavy atom. The minimum atomic E-state index is -1.57. The van der Waals surface area contributed by atoms with Crippen LogP contribution in [-0.2, 0) is 9.59 Å². The maximum atomic E-state index is 11.5. The molecule has 1 rings (SSSR count). The van der Waals surface area contributed by atoms with Gasteiger partial charge in [0.15, 0.2) is 12.2 Å². The van der Waals surface area contributed by atoms with Crippen LogP contribution in [0, 0.1) is 0 Å². The molecule has 1 saturated heterocycles. The number of imide groups is 1. The van der Waals surface area contributed by atoms with E-state index in [-0.39, 0.29) is 0 Å². The number of unbranched alkanes of at least 4 members (excludes halogenated alkanes) is 9. The second-order valence-corrected chi connectivity index (χ2v) is 5.90. The molecule has 1 aliphatic rings. The molecule has 0 radical (unpaired) electrons. The molecule has 1 aliphatic heterocycles. The van der Waals surface area contributed by atoms with Crippen molar-refractivity contribution in [1.82, 2.24) is 4.90 Å². The Kier molecular flexibility index (Phi) is 8.54. The van der Waals surface area contributed by atoms with Crippen molar-refractivity contribution in [3.63, 3.8) is 0 Å². The number of amides is 2. The van der Waals surface area contributed by atoms with Crippen molar-refractivity contribution in [2.75, 3.05) is 6.54 Å². The van der Waals surface area contributed by atoms with Crippen molar-refractivity contribution in [2.24, 2.45) is 0 Å². The predicted molar refractivity (Wildman–Crippen MR) is 80.6 cm³/mol. The van der Waals surface area contributed by atoms with E-state index in [1.165, 1.54) is 44.9 Å². The number of hydrogen-bond donors (Lipinski definition) is 2. The molecule has 1 heterocycles. The molecule has 0 aromatic rings. The summed E-state index contributed by atoms with van der Waals surface area (Å²) in [7, 11) is 0. The molecule has 0 unspecified atom stereocenters. The normalized spacial score (nSPS) is 22.3. The van der Waals surface area contributed by atoms with Crippen molar-refractivity contribution in [3.05, 3.63) is 0 Å². The second-order valence-electron chi connectivity index (χ2n) is 5.90. The number of nitrogens with zero attached hydrogens (tertiary/aromatic N) is 1. The van der Waals surface area contributed by atoms with Crippen LogP contribution >= 0.6 is 0 Å². The van der Waals surface area contributed by atoms with E-state index in [4.69, 9.17) is 0 Å². The van der Waals surface area contributed by atoms with Gasteiger partial charge in [-0.1, -0.05) is 64.7 Å². The number of carbonyl (C=O) groups is 2. The minimum Gasteiger partial charge on any atom is -0.380 e. The molecule has 2 amide bonds. The number of carbonyl (C=O) groups excluding carboxylic acids is 2. The SMILES string of the molecule is CCCCCCCCCCCCN1C(=O)[C@H](O)[C@@H](O)C1=O. The van der Waals surface area contributed by atoms with E-state index in [9.17, 15) is 19.8 Å². The molecule has 0 aromatic carbocycles. The summed E-state index contributed by atoms with van der Waals surface area (Å²) in [6.07, 6.45) is 8.68. The lowest BCUT2D eigenvalue weighted by Crippen LogP contribution is -2.33. The van der Waals surface area contributed by atoms with Crippen LogP contribution in [0.15, 0.2) is 0 Å². The molecule has 21 heavy (non-hydrogen) atoms. The van der Waals surface area contributed by atoms with Gasteiger partial charge in [0.25, 0.3) is 11.8 Å². The Morgan fingerprint density at radius 1 is 0.762 bits per heavy atom. The molecule has 2 atom stereocenters. The fourth-order valence-electron chi connectivity index (χ4n) is 2.68. The molecule has 2 N–H and O–H groups in total. The summed E-state index contributed by atoms with van der Waals surface area (Å²) < 4.78 is 0. The van der Waals surface area contributed by atoms with Crippen molar-refractivity contribution in [1.29, 1.82) is 0 Å². The van der Waals surface area contributed by atoms with Gasteiger partial charge in [0.1, 0.15) is 0 Å². The highest BCUT2D eigenvalue weighted by Gasteiger charge is 2.45. The van der Waals surface area contributed by atoms with Crippen molar-refractivity contribution in [3.8, 4) is 0 Å². The summed E-state index contributed by atoms with van der Waals surface area (Å²) in [5, 5.41) is 18.6. The van der Waals surface area contributed by atoms with Crippen LogP contribution in [0.3, 0.4) is 0 Å². The summed E-state index contributed by atoms with van der Waals surface area (Å²) in [5.74, 6) is -1.33. The average molecular weight is 299 g/mol. The highest BCUT2D eigenvalue weighted by molar-refractivity contribution is 6.07. The lowest BCUT2D eigenvalue weighted by Gasteiger charge is -2.13. The van der Waals surface area contributed by atoms with Crippen LogP contribution in [0.2, 0.25) is 0 Å². The summed E-state index contributed by atoms with van der Waals surface area (Å²) in [6, 6.07) is 0. The topological polar surface area (TPSA) is 77.8 Å². The lowest BCUT2D eigenvalue weighted by molar-refractivity contribution is -0.141. The molecule has 0 aliphatic carbocycles. The van der Waals surface area contributed by atoms with E-state index >= 15 is 0 Å². The average Bonchev–Trinajstić information content (AvgIpc) is 2.66. The van der Waals surface area contributed by atoms with E-state index in [1.807, 2.05) is 0 Å². The Morgan fingerprint density at radius 2 is 1.14 bits per heavy atom. The van der Waals surface area contributed by atoms with Crippen molar-refractivity contribution < 1.29 is 19.8 Å². The monoisotopic (exact) mass is 299 g/mol. The summed E-state index contributed by atoms with van der Waals surface area (Å²) in [4.78, 5) is 24.0. The van der Waals surface area contributed by atoms with Crippen LogP contribution in [0.1, 0.15) is 71.1 Å². The molecule has 5 nitrogen and oxygen atoms in total. The first-order valence-electron chi connectivity index (χ1n) is 8.31. The van der Waals surface area contributed by atoms with Gasteiger partial charge in [0.05, 0.1) is 0 Å². The first kappa shape index (κ1) is 18.1. The molecule has 0 bridgehead atoms. The molecule has 0 aromatic heterocycles. The highest BCUT2D eigenvalue weighted by atomic mass is 16.4. The number of aliphatic hydroxyl groups is 2. The quantitative estimate of drug-likeness (QED) is 0.452. The van der Waals surface area contributed by atoms with Crippen LogP contribution in [0.5, 0.6) is 0 Å². The number of aliphatic hydroxyl groups excluding tert-OH is 2. The Labute approximate surface area is 127 Å². The van der Waals surface area contributed by atoms with E-state index in [0.29, 0.717) is 6.54 Å². The maximum absolute atomic E-state index is 11.5. The van der Waals surface area contributed by atoms with Gasteiger partial charge in [0.2, 0.25) is 0 Å². The molecular formula is C16H29NO4. The third-order valence-electron chi connectivity index (χ3n) is 4.07. The van der Waals surface area contributed by atoms with Gasteiger partial charge in [-0.3, -0.25) is 14.5 Å². The first-order valence-corrected chi connectivity index (χ1v) is 8.31. The van der Waals surface area contributed by atoms with Crippen molar-refractivity contribution >= 4 is 11.8 Å². The van der Waals surface area contributed by atoms with Gasteiger partial charge in [-0.2, -0.15) is 0 Å². The number of hydrogen-bond acceptors (Lipinski definition) is 4. The zero-order valence-corrected chi connectivity index (χ0v) is 13.1. The van der Waals surface area contributed by atoms with Gasteiger partial charge in [-0.15, -0.1) is 0 Å². The van der Waals surface area contributed by atoms with E-state index < -0.39 is 24.0 Å². The molecular weight excluding hydrogens is 270 g/mol. The Bertz CT molecular complexity index is 312. The number of rotatable bonds is 11. The molecule has 0 spiro atoms. The van der Waals surface area contributed by atoms with Gasteiger partial charge >= 0.3 is 0 Å². The molecule has 1 fully saturated rings. The minimum absolute atomic E-state index is 0.308. The van der Waals surface area contributed by atoms with E-state index in [0.717, 1.165) is 24.2 Å². The summed E-state index contributed by atoms with van der Waals surface area (Å²) >= 11 is 0. The van der Waals surface area contributed by atoms with Gasteiger partial charge in [0, 0.05) is 6.54 Å². The second kappa shape index (κ2) is 9.90. The maximum Gasteiger partial charge on any atom is 0.261 e. The zero-order valence-electron chi connectivity index (χ0n) is 13.1. The lowest BCUT2D eigenvalue weighted by atomic mass is 10.1. The third-order valence-corrected chi connectivity index (χ3v) is 4.07. The summed E-state index contributed by atoms with van der Waals surface area (Å²) in [6.45, 7) is 2.52. The fourth-order valence-corrected chi connectivity index (χ4v) is 2.68. The largest absolute Gasteiger partial charge is 0.380 e. The van der Waals surface area contributed by atoms with Crippen LogP contribution in [0.4, 0.5) is 0 Å². The smallest absolute Gasteiger partial charge is 0.261 e.